The van der Waals surface area contributed by atoms with E-state index in [1.165, 1.54) is 12.1 Å². The molecule has 4 heteroatoms. The quantitative estimate of drug-likeness (QED) is 0.870. The van der Waals surface area contributed by atoms with Crippen LogP contribution in [-0.2, 0) is 6.54 Å². The minimum atomic E-state index is -0.316. The molecule has 1 N–H and O–H groups in total. The van der Waals surface area contributed by atoms with Gasteiger partial charge in [-0.2, -0.15) is 0 Å². The van der Waals surface area contributed by atoms with E-state index >= 15 is 0 Å². The van der Waals surface area contributed by atoms with Gasteiger partial charge in [0.2, 0.25) is 0 Å². The number of hydrogen-bond donors (Lipinski definition) is 1. The molecule has 0 aliphatic heterocycles. The molecule has 2 aromatic carbocycles. The Hall–Kier alpha value is -1.42. The SMILES string of the molecule is Cc1cc(CNc2ccc(Br)cc2F)ccc1F. The lowest BCUT2D eigenvalue weighted by molar-refractivity contribution is 0.617. The lowest BCUT2D eigenvalue weighted by atomic mass is 10.1. The maximum absolute atomic E-state index is 13.5. The fourth-order valence-corrected chi connectivity index (χ4v) is 1.98. The van der Waals surface area contributed by atoms with Crippen molar-refractivity contribution in [1.82, 2.24) is 0 Å². The smallest absolute Gasteiger partial charge is 0.147 e. The molecular weight excluding hydrogens is 300 g/mol. The number of hydrogen-bond acceptors (Lipinski definition) is 1. The highest BCUT2D eigenvalue weighted by Gasteiger charge is 2.03. The van der Waals surface area contributed by atoms with E-state index in [9.17, 15) is 8.78 Å². The molecule has 0 unspecified atom stereocenters. The minimum Gasteiger partial charge on any atom is -0.379 e. The second-order valence-corrected chi connectivity index (χ2v) is 4.98. The molecule has 2 rings (SSSR count). The van der Waals surface area contributed by atoms with Gasteiger partial charge < -0.3 is 5.32 Å². The Morgan fingerprint density at radius 2 is 1.83 bits per heavy atom. The second-order valence-electron chi connectivity index (χ2n) is 4.06. The highest BCUT2D eigenvalue weighted by molar-refractivity contribution is 9.10. The molecule has 0 bridgehead atoms. The van der Waals surface area contributed by atoms with Gasteiger partial charge in [0.05, 0.1) is 5.69 Å². The first-order valence-electron chi connectivity index (χ1n) is 5.50. The number of benzene rings is 2. The van der Waals surface area contributed by atoms with E-state index in [0.717, 1.165) is 5.56 Å². The van der Waals surface area contributed by atoms with Gasteiger partial charge in [-0.05, 0) is 42.3 Å². The summed E-state index contributed by atoms with van der Waals surface area (Å²) in [7, 11) is 0. The Bertz CT molecular complexity index is 570. The molecular formula is C14H12BrF2N. The highest BCUT2D eigenvalue weighted by atomic mass is 79.9. The largest absolute Gasteiger partial charge is 0.379 e. The van der Waals surface area contributed by atoms with Gasteiger partial charge in [0.15, 0.2) is 0 Å². The van der Waals surface area contributed by atoms with Crippen molar-refractivity contribution in [1.29, 1.82) is 0 Å². The summed E-state index contributed by atoms with van der Waals surface area (Å²) in [6.45, 7) is 2.17. The van der Waals surface area contributed by atoms with Crippen molar-refractivity contribution in [2.45, 2.75) is 13.5 Å². The number of aryl methyl sites for hydroxylation is 1. The summed E-state index contributed by atoms with van der Waals surface area (Å²) >= 11 is 3.20. The molecule has 0 aliphatic carbocycles. The average Bonchev–Trinajstić information content (AvgIpc) is 2.32. The van der Waals surface area contributed by atoms with Crippen LogP contribution in [0.2, 0.25) is 0 Å². The molecule has 0 spiro atoms. The molecule has 1 nitrogen and oxygen atoms in total. The van der Waals surface area contributed by atoms with Crippen molar-refractivity contribution < 1.29 is 8.78 Å². The first kappa shape index (κ1) is 13.0. The van der Waals surface area contributed by atoms with Crippen LogP contribution < -0.4 is 5.32 Å². The van der Waals surface area contributed by atoms with E-state index < -0.39 is 0 Å². The lowest BCUT2D eigenvalue weighted by Gasteiger charge is -2.09. The summed E-state index contributed by atoms with van der Waals surface area (Å²) in [5.74, 6) is -0.545. The van der Waals surface area contributed by atoms with E-state index in [-0.39, 0.29) is 11.6 Å². The third kappa shape index (κ3) is 3.07. The number of halogens is 3. The highest BCUT2D eigenvalue weighted by Crippen LogP contribution is 2.20. The molecule has 0 fully saturated rings. The van der Waals surface area contributed by atoms with Gasteiger partial charge in [-0.1, -0.05) is 28.1 Å². The Balaban J connectivity index is 2.09. The van der Waals surface area contributed by atoms with Crippen LogP contribution >= 0.6 is 15.9 Å². The zero-order chi connectivity index (χ0) is 13.1. The average molecular weight is 312 g/mol. The van der Waals surface area contributed by atoms with Crippen LogP contribution in [-0.4, -0.2) is 0 Å². The predicted octanol–water partition coefficient (Wildman–Crippen LogP) is 4.65. The fraction of sp³-hybridized carbons (Fsp3) is 0.143. The van der Waals surface area contributed by atoms with Crippen LogP contribution in [0.4, 0.5) is 14.5 Å². The molecule has 18 heavy (non-hydrogen) atoms. The van der Waals surface area contributed by atoms with Crippen molar-refractivity contribution in [2.75, 3.05) is 5.32 Å². The van der Waals surface area contributed by atoms with Crippen LogP contribution in [0, 0.1) is 18.6 Å². The van der Waals surface area contributed by atoms with Gasteiger partial charge in [0.25, 0.3) is 0 Å². The summed E-state index contributed by atoms with van der Waals surface area (Å²) < 4.78 is 27.3. The van der Waals surface area contributed by atoms with E-state index in [2.05, 4.69) is 21.2 Å². The maximum Gasteiger partial charge on any atom is 0.147 e. The normalized spacial score (nSPS) is 10.4. The summed E-state index contributed by atoms with van der Waals surface area (Å²) in [6.07, 6.45) is 0. The molecule has 0 saturated carbocycles. The van der Waals surface area contributed by atoms with Crippen LogP contribution in [0.15, 0.2) is 40.9 Å². The molecule has 0 heterocycles. The van der Waals surface area contributed by atoms with Crippen molar-refractivity contribution >= 4 is 21.6 Å². The van der Waals surface area contributed by atoms with E-state index in [1.54, 1.807) is 31.2 Å². The van der Waals surface area contributed by atoms with Crippen LogP contribution in [0.25, 0.3) is 0 Å². The van der Waals surface area contributed by atoms with E-state index in [4.69, 9.17) is 0 Å². The Kier molecular flexibility index (Phi) is 3.97. The van der Waals surface area contributed by atoms with Crippen molar-refractivity contribution in [3.05, 3.63) is 63.6 Å². The minimum absolute atomic E-state index is 0.228. The summed E-state index contributed by atoms with van der Waals surface area (Å²) in [6, 6.07) is 9.69. The summed E-state index contributed by atoms with van der Waals surface area (Å²) in [5, 5.41) is 2.98. The first-order valence-corrected chi connectivity index (χ1v) is 6.29. The van der Waals surface area contributed by atoms with Gasteiger partial charge in [-0.15, -0.1) is 0 Å². The van der Waals surface area contributed by atoms with Gasteiger partial charge in [0.1, 0.15) is 11.6 Å². The molecule has 0 amide bonds. The van der Waals surface area contributed by atoms with Gasteiger partial charge in [-0.25, -0.2) is 8.78 Å². The number of rotatable bonds is 3. The van der Waals surface area contributed by atoms with Gasteiger partial charge in [0, 0.05) is 11.0 Å². The molecule has 0 saturated heterocycles. The van der Waals surface area contributed by atoms with Crippen molar-refractivity contribution in [3.8, 4) is 0 Å². The Labute approximate surface area is 113 Å². The van der Waals surface area contributed by atoms with Crippen LogP contribution in [0.3, 0.4) is 0 Å². The van der Waals surface area contributed by atoms with Crippen LogP contribution in [0.5, 0.6) is 0 Å². The monoisotopic (exact) mass is 311 g/mol. The molecule has 0 atom stereocenters. The van der Waals surface area contributed by atoms with Crippen LogP contribution in [0.1, 0.15) is 11.1 Å². The third-order valence-electron chi connectivity index (χ3n) is 2.64. The van der Waals surface area contributed by atoms with E-state index in [0.29, 0.717) is 22.3 Å². The Morgan fingerprint density at radius 1 is 1.06 bits per heavy atom. The standard InChI is InChI=1S/C14H12BrF2N/c1-9-6-10(2-4-12(9)16)8-18-14-5-3-11(15)7-13(14)17/h2-7,18H,8H2,1H3. The molecule has 2 aromatic rings. The summed E-state index contributed by atoms with van der Waals surface area (Å²) in [5.41, 5.74) is 1.93. The Morgan fingerprint density at radius 3 is 2.50 bits per heavy atom. The fourth-order valence-electron chi connectivity index (χ4n) is 1.65. The predicted molar refractivity (Wildman–Crippen MR) is 72.6 cm³/mol. The van der Waals surface area contributed by atoms with Gasteiger partial charge in [-0.3, -0.25) is 0 Å². The first-order chi connectivity index (χ1) is 8.56. The topological polar surface area (TPSA) is 12.0 Å². The zero-order valence-electron chi connectivity index (χ0n) is 9.81. The van der Waals surface area contributed by atoms with E-state index in [1.807, 2.05) is 0 Å². The molecule has 0 aromatic heterocycles. The lowest BCUT2D eigenvalue weighted by Crippen LogP contribution is -2.02. The zero-order valence-corrected chi connectivity index (χ0v) is 11.4. The summed E-state index contributed by atoms with van der Waals surface area (Å²) in [4.78, 5) is 0. The molecule has 0 aliphatic rings. The second kappa shape index (κ2) is 5.48. The van der Waals surface area contributed by atoms with Gasteiger partial charge >= 0.3 is 0 Å². The molecule has 0 radical (unpaired) electrons. The molecule has 94 valence electrons. The van der Waals surface area contributed by atoms with Crippen molar-refractivity contribution in [2.24, 2.45) is 0 Å². The van der Waals surface area contributed by atoms with Crippen molar-refractivity contribution in [3.63, 3.8) is 0 Å². The maximum atomic E-state index is 13.5. The number of anilines is 1. The number of nitrogens with one attached hydrogen (secondary N) is 1. The third-order valence-corrected chi connectivity index (χ3v) is 3.13.